The van der Waals surface area contributed by atoms with E-state index < -0.39 is 10.0 Å². The summed E-state index contributed by atoms with van der Waals surface area (Å²) in [5.41, 5.74) is 1.25. The van der Waals surface area contributed by atoms with Gasteiger partial charge in [0.1, 0.15) is 12.4 Å². The summed E-state index contributed by atoms with van der Waals surface area (Å²) < 4.78 is 34.6. The highest BCUT2D eigenvalue weighted by atomic mass is 32.2. The molecule has 0 amide bonds. The van der Waals surface area contributed by atoms with Crippen molar-refractivity contribution in [2.75, 3.05) is 6.61 Å². The number of hydrogen-bond donors (Lipinski definition) is 1. The summed E-state index contributed by atoms with van der Waals surface area (Å²) in [6.07, 6.45) is 2.07. The Labute approximate surface area is 126 Å². The lowest BCUT2D eigenvalue weighted by Crippen LogP contribution is -2.24. The zero-order valence-electron chi connectivity index (χ0n) is 13.0. The second-order valence-electron chi connectivity index (χ2n) is 6.28. The third-order valence-electron chi connectivity index (χ3n) is 3.76. The molecule has 0 aliphatic carbocycles. The number of hydrogen-bond acceptors (Lipinski definition) is 4. The van der Waals surface area contributed by atoms with E-state index in [0.717, 1.165) is 18.4 Å². The molecule has 1 aromatic carbocycles. The minimum absolute atomic E-state index is 0.0811. The van der Waals surface area contributed by atoms with Crippen LogP contribution in [0.2, 0.25) is 0 Å². The van der Waals surface area contributed by atoms with E-state index in [1.54, 1.807) is 19.1 Å². The Bertz CT molecular complexity index is 637. The van der Waals surface area contributed by atoms with Gasteiger partial charge in [0.25, 0.3) is 0 Å². The van der Waals surface area contributed by atoms with Crippen LogP contribution in [0.1, 0.15) is 37.8 Å². The van der Waals surface area contributed by atoms with Gasteiger partial charge in [-0.15, -0.1) is 0 Å². The van der Waals surface area contributed by atoms with Crippen LogP contribution >= 0.6 is 0 Å². The fourth-order valence-electron chi connectivity index (χ4n) is 2.60. The summed E-state index contributed by atoms with van der Waals surface area (Å²) in [4.78, 5) is 0.144. The summed E-state index contributed by atoms with van der Waals surface area (Å²) in [6, 6.07) is 3.27. The zero-order chi connectivity index (χ0) is 15.8. The van der Waals surface area contributed by atoms with E-state index >= 15 is 0 Å². The van der Waals surface area contributed by atoms with Crippen molar-refractivity contribution in [3.8, 4) is 5.75 Å². The van der Waals surface area contributed by atoms with Crippen molar-refractivity contribution in [3.63, 3.8) is 0 Å². The lowest BCUT2D eigenvalue weighted by molar-refractivity contribution is -0.0327. The van der Waals surface area contributed by atoms with E-state index in [0.29, 0.717) is 17.9 Å². The Morgan fingerprint density at radius 3 is 2.52 bits per heavy atom. The first kappa shape index (κ1) is 16.3. The van der Waals surface area contributed by atoms with E-state index in [-0.39, 0.29) is 16.6 Å². The highest BCUT2D eigenvalue weighted by molar-refractivity contribution is 7.89. The monoisotopic (exact) mass is 313 g/mol. The van der Waals surface area contributed by atoms with E-state index in [4.69, 9.17) is 14.6 Å². The summed E-state index contributed by atoms with van der Waals surface area (Å²) in [5, 5.41) is 5.19. The van der Waals surface area contributed by atoms with Gasteiger partial charge in [-0.05, 0) is 63.8 Å². The SMILES string of the molecule is Cc1cc(S(N)(=O)=O)c(C)cc1OCC1CCC(C)(C)O1. The third-order valence-corrected chi connectivity index (χ3v) is 4.81. The average molecular weight is 313 g/mol. The highest BCUT2D eigenvalue weighted by Gasteiger charge is 2.32. The quantitative estimate of drug-likeness (QED) is 0.925. The molecule has 0 radical (unpaired) electrons. The maximum absolute atomic E-state index is 11.5. The molecule has 1 heterocycles. The van der Waals surface area contributed by atoms with Crippen LogP contribution in [-0.4, -0.2) is 26.7 Å². The smallest absolute Gasteiger partial charge is 0.238 e. The van der Waals surface area contributed by atoms with E-state index in [9.17, 15) is 8.42 Å². The largest absolute Gasteiger partial charge is 0.491 e. The number of rotatable bonds is 4. The molecule has 5 nitrogen and oxygen atoms in total. The minimum atomic E-state index is -3.70. The molecule has 2 rings (SSSR count). The lowest BCUT2D eigenvalue weighted by atomic mass is 10.1. The first-order chi connectivity index (χ1) is 9.58. The summed E-state index contributed by atoms with van der Waals surface area (Å²) in [6.45, 7) is 8.13. The van der Waals surface area contributed by atoms with Gasteiger partial charge in [0.05, 0.1) is 16.6 Å². The summed E-state index contributed by atoms with van der Waals surface area (Å²) in [7, 11) is -3.70. The lowest BCUT2D eigenvalue weighted by Gasteiger charge is -2.20. The van der Waals surface area contributed by atoms with Crippen LogP contribution < -0.4 is 9.88 Å². The fraction of sp³-hybridized carbons (Fsp3) is 0.600. The average Bonchev–Trinajstić information content (AvgIpc) is 2.68. The Kier molecular flexibility index (Phi) is 4.33. The summed E-state index contributed by atoms with van der Waals surface area (Å²) >= 11 is 0. The first-order valence-electron chi connectivity index (χ1n) is 7.03. The van der Waals surface area contributed by atoms with Crippen LogP contribution in [0.15, 0.2) is 17.0 Å². The molecular formula is C15H23NO4S. The topological polar surface area (TPSA) is 78.6 Å². The normalized spacial score (nSPS) is 21.5. The van der Waals surface area contributed by atoms with Gasteiger partial charge in [-0.3, -0.25) is 0 Å². The molecule has 0 spiro atoms. The maximum Gasteiger partial charge on any atom is 0.238 e. The number of aryl methyl sites for hydroxylation is 2. The molecule has 0 bridgehead atoms. The van der Waals surface area contributed by atoms with Gasteiger partial charge in [0, 0.05) is 0 Å². The van der Waals surface area contributed by atoms with Crippen LogP contribution in [-0.2, 0) is 14.8 Å². The second kappa shape index (κ2) is 5.59. The van der Waals surface area contributed by atoms with Crippen molar-refractivity contribution in [1.82, 2.24) is 0 Å². The molecule has 1 aromatic rings. The van der Waals surface area contributed by atoms with E-state index in [1.165, 1.54) is 0 Å². The van der Waals surface area contributed by atoms with Gasteiger partial charge in [0.2, 0.25) is 10.0 Å². The number of ether oxygens (including phenoxy) is 2. The molecule has 0 aromatic heterocycles. The number of sulfonamides is 1. The highest BCUT2D eigenvalue weighted by Crippen LogP contribution is 2.31. The second-order valence-corrected chi connectivity index (χ2v) is 7.81. The predicted molar refractivity (Wildman–Crippen MR) is 81.0 cm³/mol. The Morgan fingerprint density at radius 1 is 1.33 bits per heavy atom. The summed E-state index contributed by atoms with van der Waals surface area (Å²) in [5.74, 6) is 0.674. The van der Waals surface area contributed by atoms with Crippen molar-refractivity contribution in [3.05, 3.63) is 23.3 Å². The van der Waals surface area contributed by atoms with E-state index in [1.807, 2.05) is 6.92 Å². The van der Waals surface area contributed by atoms with Crippen molar-refractivity contribution in [2.24, 2.45) is 5.14 Å². The van der Waals surface area contributed by atoms with Crippen molar-refractivity contribution in [2.45, 2.75) is 57.1 Å². The molecular weight excluding hydrogens is 290 g/mol. The first-order valence-corrected chi connectivity index (χ1v) is 8.58. The molecule has 2 N–H and O–H groups in total. The molecule has 6 heteroatoms. The van der Waals surface area contributed by atoms with E-state index in [2.05, 4.69) is 13.8 Å². The fourth-order valence-corrected chi connectivity index (χ4v) is 3.45. The molecule has 1 fully saturated rings. The molecule has 21 heavy (non-hydrogen) atoms. The molecule has 1 aliphatic heterocycles. The van der Waals surface area contributed by atoms with Crippen molar-refractivity contribution < 1.29 is 17.9 Å². The van der Waals surface area contributed by atoms with Crippen LogP contribution in [0.25, 0.3) is 0 Å². The Balaban J connectivity index is 2.10. The molecule has 1 saturated heterocycles. The Morgan fingerprint density at radius 2 is 2.00 bits per heavy atom. The predicted octanol–water partition coefficient (Wildman–Crippen LogP) is 2.29. The van der Waals surface area contributed by atoms with Gasteiger partial charge >= 0.3 is 0 Å². The minimum Gasteiger partial charge on any atom is -0.491 e. The molecule has 0 saturated carbocycles. The van der Waals surface area contributed by atoms with Crippen molar-refractivity contribution >= 4 is 10.0 Å². The number of nitrogens with two attached hydrogens (primary N) is 1. The molecule has 118 valence electrons. The number of benzene rings is 1. The van der Waals surface area contributed by atoms with Gasteiger partial charge in [-0.1, -0.05) is 0 Å². The van der Waals surface area contributed by atoms with Gasteiger partial charge in [0.15, 0.2) is 0 Å². The zero-order valence-corrected chi connectivity index (χ0v) is 13.8. The van der Waals surface area contributed by atoms with Gasteiger partial charge in [-0.25, -0.2) is 13.6 Å². The third kappa shape index (κ3) is 3.96. The van der Waals surface area contributed by atoms with Crippen LogP contribution in [0.3, 0.4) is 0 Å². The number of primary sulfonamides is 1. The standard InChI is InChI=1S/C15H23NO4S/c1-10-8-14(21(16,17)18)11(2)7-13(10)19-9-12-5-6-15(3,4)20-12/h7-8,12H,5-6,9H2,1-4H3,(H2,16,17,18). The van der Waals surface area contributed by atoms with Gasteiger partial charge < -0.3 is 9.47 Å². The van der Waals surface area contributed by atoms with Gasteiger partial charge in [-0.2, -0.15) is 0 Å². The maximum atomic E-state index is 11.5. The van der Waals surface area contributed by atoms with Crippen LogP contribution in [0, 0.1) is 13.8 Å². The van der Waals surface area contributed by atoms with Crippen LogP contribution in [0.5, 0.6) is 5.75 Å². The van der Waals surface area contributed by atoms with Crippen molar-refractivity contribution in [1.29, 1.82) is 0 Å². The molecule has 1 unspecified atom stereocenters. The molecule has 1 atom stereocenters. The molecule has 1 aliphatic rings. The van der Waals surface area contributed by atoms with Crippen LogP contribution in [0.4, 0.5) is 0 Å². The Hall–Kier alpha value is -1.11.